The summed E-state index contributed by atoms with van der Waals surface area (Å²) >= 11 is 0. The molecular formula is C10H11N3O2. The van der Waals surface area contributed by atoms with Gasteiger partial charge in [-0.2, -0.15) is 0 Å². The Morgan fingerprint density at radius 2 is 2.20 bits per heavy atom. The number of nitrogens with zero attached hydrogens (tertiary/aromatic N) is 3. The number of hydrogen-bond donors (Lipinski definition) is 0. The van der Waals surface area contributed by atoms with Gasteiger partial charge in [-0.05, 0) is 18.6 Å². The molecule has 0 aliphatic carbocycles. The third-order valence-corrected chi connectivity index (χ3v) is 2.03. The standard InChI is InChI=1S/C10H11N3O2/c1-7-3-4-13(10(14)5-7)6-9-12-11-8(2)15-9/h3-5H,6H2,1-2H3. The molecule has 0 amide bonds. The fourth-order valence-corrected chi connectivity index (χ4v) is 1.28. The van der Waals surface area contributed by atoms with Gasteiger partial charge >= 0.3 is 0 Å². The first kappa shape index (κ1) is 9.64. The van der Waals surface area contributed by atoms with Gasteiger partial charge in [0.2, 0.25) is 11.8 Å². The SMILES string of the molecule is Cc1ccn(Cc2nnc(C)o2)c(=O)c1. The topological polar surface area (TPSA) is 60.9 Å². The van der Waals surface area contributed by atoms with Gasteiger partial charge in [-0.15, -0.1) is 10.2 Å². The van der Waals surface area contributed by atoms with Gasteiger partial charge in [-0.1, -0.05) is 0 Å². The molecule has 0 aliphatic rings. The molecule has 5 heteroatoms. The second-order valence-corrected chi connectivity index (χ2v) is 3.39. The smallest absolute Gasteiger partial charge is 0.251 e. The van der Waals surface area contributed by atoms with Crippen LogP contribution in [-0.4, -0.2) is 14.8 Å². The zero-order valence-corrected chi connectivity index (χ0v) is 8.60. The Labute approximate surface area is 86.4 Å². The Balaban J connectivity index is 2.28. The number of aromatic nitrogens is 3. The highest BCUT2D eigenvalue weighted by molar-refractivity contribution is 5.08. The van der Waals surface area contributed by atoms with Crippen molar-refractivity contribution in [3.63, 3.8) is 0 Å². The van der Waals surface area contributed by atoms with Crippen LogP contribution in [0.25, 0.3) is 0 Å². The molecule has 0 bridgehead atoms. The van der Waals surface area contributed by atoms with Crippen LogP contribution in [0.15, 0.2) is 27.5 Å². The lowest BCUT2D eigenvalue weighted by Crippen LogP contribution is -2.19. The van der Waals surface area contributed by atoms with E-state index in [9.17, 15) is 4.79 Å². The summed E-state index contributed by atoms with van der Waals surface area (Å²) in [6.45, 7) is 3.91. The van der Waals surface area contributed by atoms with E-state index in [-0.39, 0.29) is 5.56 Å². The first-order valence-corrected chi connectivity index (χ1v) is 4.61. The summed E-state index contributed by atoms with van der Waals surface area (Å²) in [5.74, 6) is 0.948. The molecule has 2 aromatic heterocycles. The van der Waals surface area contributed by atoms with Crippen LogP contribution in [0.4, 0.5) is 0 Å². The maximum atomic E-state index is 11.5. The van der Waals surface area contributed by atoms with E-state index in [2.05, 4.69) is 10.2 Å². The third-order valence-electron chi connectivity index (χ3n) is 2.03. The van der Waals surface area contributed by atoms with Gasteiger partial charge in [-0.3, -0.25) is 4.79 Å². The molecule has 0 radical (unpaired) electrons. The molecule has 0 spiro atoms. The zero-order chi connectivity index (χ0) is 10.8. The summed E-state index contributed by atoms with van der Waals surface area (Å²) in [5, 5.41) is 7.53. The van der Waals surface area contributed by atoms with Gasteiger partial charge in [0, 0.05) is 19.2 Å². The van der Waals surface area contributed by atoms with Crippen molar-refractivity contribution in [2.24, 2.45) is 0 Å². The Morgan fingerprint density at radius 3 is 2.80 bits per heavy atom. The highest BCUT2D eigenvalue weighted by Crippen LogP contribution is 2.00. The number of rotatable bonds is 2. The molecule has 0 atom stereocenters. The van der Waals surface area contributed by atoms with E-state index in [0.29, 0.717) is 18.3 Å². The zero-order valence-electron chi connectivity index (χ0n) is 8.60. The Morgan fingerprint density at radius 1 is 1.40 bits per heavy atom. The minimum absolute atomic E-state index is 0.0640. The van der Waals surface area contributed by atoms with Crippen LogP contribution in [0.5, 0.6) is 0 Å². The molecule has 2 rings (SSSR count). The number of pyridine rings is 1. The summed E-state index contributed by atoms with van der Waals surface area (Å²) < 4.78 is 6.72. The monoisotopic (exact) mass is 205 g/mol. The summed E-state index contributed by atoms with van der Waals surface area (Å²) in [6, 6.07) is 3.44. The van der Waals surface area contributed by atoms with Gasteiger partial charge in [-0.25, -0.2) is 0 Å². The molecule has 78 valence electrons. The van der Waals surface area contributed by atoms with Gasteiger partial charge in [0.1, 0.15) is 6.54 Å². The number of hydrogen-bond acceptors (Lipinski definition) is 4. The van der Waals surface area contributed by atoms with E-state index in [1.807, 2.05) is 13.0 Å². The lowest BCUT2D eigenvalue weighted by atomic mass is 10.3. The Bertz CT molecular complexity index is 527. The predicted molar refractivity (Wildman–Crippen MR) is 53.6 cm³/mol. The molecule has 2 heterocycles. The van der Waals surface area contributed by atoms with Crippen LogP contribution < -0.4 is 5.56 Å². The molecule has 0 fully saturated rings. The maximum Gasteiger partial charge on any atom is 0.251 e. The number of aryl methyl sites for hydroxylation is 2. The van der Waals surface area contributed by atoms with E-state index >= 15 is 0 Å². The van der Waals surface area contributed by atoms with Crippen molar-refractivity contribution in [1.29, 1.82) is 0 Å². The second kappa shape index (κ2) is 3.68. The maximum absolute atomic E-state index is 11.5. The van der Waals surface area contributed by atoms with Gasteiger partial charge in [0.05, 0.1) is 0 Å². The van der Waals surface area contributed by atoms with Gasteiger partial charge in [0.25, 0.3) is 5.56 Å². The van der Waals surface area contributed by atoms with Crippen molar-refractivity contribution in [2.45, 2.75) is 20.4 Å². The first-order valence-electron chi connectivity index (χ1n) is 4.61. The molecule has 0 N–H and O–H groups in total. The van der Waals surface area contributed by atoms with Crippen molar-refractivity contribution < 1.29 is 4.42 Å². The molecule has 0 unspecified atom stereocenters. The van der Waals surface area contributed by atoms with E-state index < -0.39 is 0 Å². The largest absolute Gasteiger partial charge is 0.424 e. The predicted octanol–water partition coefficient (Wildman–Crippen LogP) is 0.896. The molecule has 15 heavy (non-hydrogen) atoms. The minimum atomic E-state index is -0.0640. The van der Waals surface area contributed by atoms with Crippen LogP contribution in [-0.2, 0) is 6.54 Å². The molecule has 0 saturated heterocycles. The highest BCUT2D eigenvalue weighted by atomic mass is 16.4. The van der Waals surface area contributed by atoms with E-state index in [4.69, 9.17) is 4.42 Å². The third kappa shape index (κ3) is 2.12. The summed E-state index contributed by atoms with van der Waals surface area (Å²) in [5.41, 5.74) is 0.879. The lowest BCUT2D eigenvalue weighted by Gasteiger charge is -2.01. The van der Waals surface area contributed by atoms with Gasteiger partial charge in [0.15, 0.2) is 0 Å². The fraction of sp³-hybridized carbons (Fsp3) is 0.300. The van der Waals surface area contributed by atoms with E-state index in [1.165, 1.54) is 4.57 Å². The molecular weight excluding hydrogens is 194 g/mol. The first-order chi connectivity index (χ1) is 7.15. The van der Waals surface area contributed by atoms with Crippen LogP contribution in [0.3, 0.4) is 0 Å². The van der Waals surface area contributed by atoms with Crippen molar-refractivity contribution in [3.05, 3.63) is 46.0 Å². The summed E-state index contributed by atoms with van der Waals surface area (Å²) in [4.78, 5) is 11.5. The Kier molecular flexibility index (Phi) is 2.37. The van der Waals surface area contributed by atoms with Crippen molar-refractivity contribution in [3.8, 4) is 0 Å². The Hall–Kier alpha value is -1.91. The van der Waals surface area contributed by atoms with Crippen LogP contribution in [0, 0.1) is 13.8 Å². The van der Waals surface area contributed by atoms with E-state index in [0.717, 1.165) is 5.56 Å². The van der Waals surface area contributed by atoms with Gasteiger partial charge < -0.3 is 8.98 Å². The quantitative estimate of drug-likeness (QED) is 0.730. The average Bonchev–Trinajstić information content (AvgIpc) is 2.56. The highest BCUT2D eigenvalue weighted by Gasteiger charge is 2.04. The van der Waals surface area contributed by atoms with Crippen LogP contribution >= 0.6 is 0 Å². The fourth-order valence-electron chi connectivity index (χ4n) is 1.28. The van der Waals surface area contributed by atoms with Crippen molar-refractivity contribution in [2.75, 3.05) is 0 Å². The normalized spacial score (nSPS) is 10.5. The molecule has 0 aromatic carbocycles. The van der Waals surface area contributed by atoms with E-state index in [1.54, 1.807) is 19.2 Å². The summed E-state index contributed by atoms with van der Waals surface area (Å²) in [7, 11) is 0. The van der Waals surface area contributed by atoms with Crippen LogP contribution in [0.2, 0.25) is 0 Å². The molecule has 5 nitrogen and oxygen atoms in total. The van der Waals surface area contributed by atoms with Crippen LogP contribution in [0.1, 0.15) is 17.3 Å². The summed E-state index contributed by atoms with van der Waals surface area (Å²) in [6.07, 6.45) is 1.72. The molecule has 0 aliphatic heterocycles. The molecule has 2 aromatic rings. The molecule has 0 saturated carbocycles. The second-order valence-electron chi connectivity index (χ2n) is 3.39. The average molecular weight is 205 g/mol. The van der Waals surface area contributed by atoms with Crippen molar-refractivity contribution in [1.82, 2.24) is 14.8 Å². The minimum Gasteiger partial charge on any atom is -0.424 e. The van der Waals surface area contributed by atoms with Crippen molar-refractivity contribution >= 4 is 0 Å². The lowest BCUT2D eigenvalue weighted by molar-refractivity contribution is 0.451.